The molecule has 6 nitrogen and oxygen atoms in total. The van der Waals surface area contributed by atoms with Crippen molar-refractivity contribution in [3.63, 3.8) is 0 Å². The van der Waals surface area contributed by atoms with Crippen molar-refractivity contribution in [1.29, 1.82) is 0 Å². The van der Waals surface area contributed by atoms with E-state index >= 15 is 0 Å². The fraction of sp³-hybridized carbons (Fsp3) is 0.400. The van der Waals surface area contributed by atoms with Crippen LogP contribution in [0.4, 0.5) is 5.95 Å². The highest BCUT2D eigenvalue weighted by atomic mass is 32.1. The smallest absolute Gasteiger partial charge is 0.338 e. The van der Waals surface area contributed by atoms with Gasteiger partial charge in [-0.1, -0.05) is 19.9 Å². The van der Waals surface area contributed by atoms with Crippen molar-refractivity contribution >= 4 is 23.3 Å². The van der Waals surface area contributed by atoms with Gasteiger partial charge in [0.2, 0.25) is 5.95 Å². The van der Waals surface area contributed by atoms with Crippen molar-refractivity contribution in [3.8, 4) is 0 Å². The van der Waals surface area contributed by atoms with Gasteiger partial charge in [0.1, 0.15) is 12.4 Å². The lowest BCUT2D eigenvalue weighted by Crippen LogP contribution is -2.29. The number of thiophene rings is 1. The second kappa shape index (κ2) is 5.92. The van der Waals surface area contributed by atoms with Gasteiger partial charge in [-0.3, -0.25) is 0 Å². The van der Waals surface area contributed by atoms with E-state index in [9.17, 15) is 4.79 Å². The average molecular weight is 318 g/mol. The molecular formula is C15H18N4O2S. The molecule has 7 heteroatoms. The summed E-state index contributed by atoms with van der Waals surface area (Å²) in [6.07, 6.45) is 1.48. The molecule has 116 valence electrons. The summed E-state index contributed by atoms with van der Waals surface area (Å²) in [6, 6.07) is 3.67. The Kier molecular flexibility index (Phi) is 3.98. The maximum absolute atomic E-state index is 12.6. The molecule has 1 aliphatic heterocycles. The fourth-order valence-electron chi connectivity index (χ4n) is 2.39. The van der Waals surface area contributed by atoms with Crippen molar-refractivity contribution in [1.82, 2.24) is 14.8 Å². The summed E-state index contributed by atoms with van der Waals surface area (Å²) in [5.41, 5.74) is 1.34. The molecule has 0 saturated carbocycles. The van der Waals surface area contributed by atoms with Crippen LogP contribution in [0, 0.1) is 5.92 Å². The van der Waals surface area contributed by atoms with Gasteiger partial charge in [-0.05, 0) is 24.3 Å². The van der Waals surface area contributed by atoms with E-state index in [1.165, 1.54) is 6.33 Å². The van der Waals surface area contributed by atoms with Crippen LogP contribution in [0.3, 0.4) is 0 Å². The van der Waals surface area contributed by atoms with Crippen LogP contribution in [0.15, 0.2) is 35.1 Å². The number of nitrogens with one attached hydrogen (secondary N) is 1. The Balaban J connectivity index is 2.00. The van der Waals surface area contributed by atoms with Gasteiger partial charge >= 0.3 is 5.97 Å². The number of ether oxygens (including phenoxy) is 1. The number of rotatable bonds is 4. The van der Waals surface area contributed by atoms with Gasteiger partial charge in [0.15, 0.2) is 0 Å². The van der Waals surface area contributed by atoms with E-state index in [1.54, 1.807) is 16.0 Å². The van der Waals surface area contributed by atoms with Crippen molar-refractivity contribution in [3.05, 3.63) is 40.0 Å². The summed E-state index contributed by atoms with van der Waals surface area (Å²) in [7, 11) is 0. The van der Waals surface area contributed by atoms with E-state index in [0.717, 1.165) is 10.6 Å². The van der Waals surface area contributed by atoms with Gasteiger partial charge in [0.05, 0.1) is 12.2 Å². The van der Waals surface area contributed by atoms with Crippen molar-refractivity contribution < 1.29 is 9.53 Å². The number of anilines is 1. The first-order valence-corrected chi connectivity index (χ1v) is 8.03. The number of hydrogen-bond donors (Lipinski definition) is 1. The Hall–Kier alpha value is -2.15. The second-order valence-corrected chi connectivity index (χ2v) is 6.58. The zero-order valence-electron chi connectivity index (χ0n) is 12.7. The molecule has 0 fully saturated rings. The number of allylic oxidation sites excluding steroid dienone is 1. The van der Waals surface area contributed by atoms with Crippen LogP contribution in [0.2, 0.25) is 0 Å². The van der Waals surface area contributed by atoms with E-state index in [-0.39, 0.29) is 12.0 Å². The quantitative estimate of drug-likeness (QED) is 0.878. The van der Waals surface area contributed by atoms with Crippen LogP contribution in [-0.2, 0) is 9.53 Å². The maximum atomic E-state index is 12.6. The van der Waals surface area contributed by atoms with Crippen LogP contribution >= 0.6 is 11.3 Å². The lowest BCUT2D eigenvalue weighted by atomic mass is 10.0. The highest BCUT2D eigenvalue weighted by Gasteiger charge is 2.34. The second-order valence-electron chi connectivity index (χ2n) is 5.60. The molecule has 1 N–H and O–H groups in total. The van der Waals surface area contributed by atoms with Crippen LogP contribution in [0.1, 0.15) is 31.7 Å². The lowest BCUT2D eigenvalue weighted by molar-refractivity contribution is -0.140. The van der Waals surface area contributed by atoms with Gasteiger partial charge in [-0.15, -0.1) is 11.3 Å². The maximum Gasteiger partial charge on any atom is 0.338 e. The van der Waals surface area contributed by atoms with Crippen LogP contribution < -0.4 is 5.32 Å². The summed E-state index contributed by atoms with van der Waals surface area (Å²) in [4.78, 5) is 17.8. The minimum atomic E-state index is -0.307. The highest BCUT2D eigenvalue weighted by molar-refractivity contribution is 7.10. The van der Waals surface area contributed by atoms with E-state index < -0.39 is 0 Å². The molecule has 1 unspecified atom stereocenters. The molecule has 0 radical (unpaired) electrons. The fourth-order valence-corrected chi connectivity index (χ4v) is 3.20. The Morgan fingerprint density at radius 1 is 1.55 bits per heavy atom. The number of hydrogen-bond acceptors (Lipinski definition) is 6. The first-order valence-electron chi connectivity index (χ1n) is 7.15. The lowest BCUT2D eigenvalue weighted by Gasteiger charge is -2.27. The predicted molar refractivity (Wildman–Crippen MR) is 84.6 cm³/mol. The minimum absolute atomic E-state index is 0.293. The number of esters is 1. The van der Waals surface area contributed by atoms with Gasteiger partial charge in [0.25, 0.3) is 0 Å². The van der Waals surface area contributed by atoms with Crippen molar-refractivity contribution in [2.24, 2.45) is 5.92 Å². The van der Waals surface area contributed by atoms with Gasteiger partial charge in [-0.2, -0.15) is 10.1 Å². The third-order valence-electron chi connectivity index (χ3n) is 3.37. The number of aromatic nitrogens is 3. The molecule has 0 aliphatic carbocycles. The number of fused-ring (bicyclic) bond motifs is 1. The molecule has 2 aromatic rings. The topological polar surface area (TPSA) is 69.0 Å². The monoisotopic (exact) mass is 318 g/mol. The minimum Gasteiger partial charge on any atom is -0.462 e. The zero-order valence-corrected chi connectivity index (χ0v) is 13.6. The highest BCUT2D eigenvalue weighted by Crippen LogP contribution is 2.37. The number of nitrogens with zero attached hydrogens (tertiary/aromatic N) is 3. The van der Waals surface area contributed by atoms with E-state index in [4.69, 9.17) is 4.74 Å². The Labute approximate surface area is 132 Å². The van der Waals surface area contributed by atoms with Crippen LogP contribution in [0.25, 0.3) is 0 Å². The van der Waals surface area contributed by atoms with E-state index in [0.29, 0.717) is 24.0 Å². The molecule has 1 aliphatic rings. The Morgan fingerprint density at radius 3 is 3.05 bits per heavy atom. The van der Waals surface area contributed by atoms with Gasteiger partial charge in [-0.25, -0.2) is 9.48 Å². The summed E-state index contributed by atoms with van der Waals surface area (Å²) in [5, 5.41) is 9.37. The molecule has 0 bridgehead atoms. The molecule has 0 amide bonds. The number of carbonyl (C=O) groups excluding carboxylic acids is 1. The van der Waals surface area contributed by atoms with Crippen LogP contribution in [0.5, 0.6) is 0 Å². The molecule has 0 spiro atoms. The SMILES string of the molecule is CC1=C(C(=O)OCC(C)C)C(c2cccs2)n2ncnc2N1. The molecular weight excluding hydrogens is 300 g/mol. The summed E-state index contributed by atoms with van der Waals surface area (Å²) < 4.78 is 7.17. The summed E-state index contributed by atoms with van der Waals surface area (Å²) >= 11 is 1.59. The van der Waals surface area contributed by atoms with Crippen LogP contribution in [-0.4, -0.2) is 27.3 Å². The molecule has 1 atom stereocenters. The third kappa shape index (κ3) is 2.64. The van der Waals surface area contributed by atoms with Gasteiger partial charge in [0, 0.05) is 10.6 Å². The normalized spacial score (nSPS) is 17.4. The molecule has 0 aromatic carbocycles. The largest absolute Gasteiger partial charge is 0.462 e. The van der Waals surface area contributed by atoms with Crippen molar-refractivity contribution in [2.45, 2.75) is 26.8 Å². The van der Waals surface area contributed by atoms with Gasteiger partial charge < -0.3 is 10.1 Å². The Bertz CT molecular complexity index is 703. The molecule has 3 heterocycles. The zero-order chi connectivity index (χ0) is 15.7. The first kappa shape index (κ1) is 14.8. The summed E-state index contributed by atoms with van der Waals surface area (Å²) in [5.74, 6) is 0.623. The molecule has 3 rings (SSSR count). The number of carbonyl (C=O) groups is 1. The predicted octanol–water partition coefficient (Wildman–Crippen LogP) is 2.83. The third-order valence-corrected chi connectivity index (χ3v) is 4.30. The summed E-state index contributed by atoms with van der Waals surface area (Å²) in [6.45, 7) is 6.29. The van der Waals surface area contributed by atoms with E-state index in [1.807, 2.05) is 38.3 Å². The Morgan fingerprint density at radius 2 is 2.36 bits per heavy atom. The molecule has 0 saturated heterocycles. The first-order chi connectivity index (χ1) is 10.6. The molecule has 2 aromatic heterocycles. The van der Waals surface area contributed by atoms with E-state index in [2.05, 4.69) is 15.4 Å². The average Bonchev–Trinajstić information content (AvgIpc) is 3.13. The standard InChI is InChI=1S/C15H18N4O2S/c1-9(2)7-21-14(20)12-10(3)18-15-16-8-17-19(15)13(12)11-5-4-6-22-11/h4-6,8-9,13H,7H2,1-3H3,(H,16,17,18). The van der Waals surface area contributed by atoms with Crippen molar-refractivity contribution in [2.75, 3.05) is 11.9 Å². The molecule has 22 heavy (non-hydrogen) atoms.